The Bertz CT molecular complexity index is 675. The lowest BCUT2D eigenvalue weighted by Gasteiger charge is -2.37. The average molecular weight is 485 g/mol. The Morgan fingerprint density at radius 1 is 0.500 bits per heavy atom. The van der Waals surface area contributed by atoms with Gasteiger partial charge in [-0.05, 0) is 49.2 Å². The minimum Gasteiger partial charge on any atom is -1.00 e. The fourth-order valence-corrected chi connectivity index (χ4v) is 4.01. The lowest BCUT2D eigenvalue weighted by Crippen LogP contribution is -3.00. The van der Waals surface area contributed by atoms with Gasteiger partial charge in [0.15, 0.2) is 0 Å². The molecule has 0 saturated carbocycles. The predicted molar refractivity (Wildman–Crippen MR) is 119 cm³/mol. The molecule has 0 aliphatic rings. The molecule has 0 spiro atoms. The van der Waals surface area contributed by atoms with Gasteiger partial charge in [-0.15, -0.1) is 0 Å². The molecule has 2 heteroatoms. The van der Waals surface area contributed by atoms with E-state index in [9.17, 15) is 0 Å². The van der Waals surface area contributed by atoms with Gasteiger partial charge in [-0.1, -0.05) is 87.2 Å². The van der Waals surface area contributed by atoms with Gasteiger partial charge >= 0.3 is 0 Å². The van der Waals surface area contributed by atoms with Crippen LogP contribution >= 0.6 is 0 Å². The Labute approximate surface area is 188 Å². The van der Waals surface area contributed by atoms with Gasteiger partial charge in [0.05, 0.1) is 6.54 Å². The molecule has 0 atom stereocenters. The van der Waals surface area contributed by atoms with Crippen molar-refractivity contribution in [2.24, 2.45) is 0 Å². The van der Waals surface area contributed by atoms with Gasteiger partial charge in [0.2, 0.25) is 0 Å². The van der Waals surface area contributed by atoms with Crippen molar-refractivity contribution < 1.29 is 24.0 Å². The van der Waals surface area contributed by atoms with Gasteiger partial charge in [0.1, 0.15) is 17.1 Å². The van der Waals surface area contributed by atoms with Crippen LogP contribution in [-0.4, -0.2) is 6.54 Å². The zero-order valence-electron chi connectivity index (χ0n) is 16.9. The zero-order valence-corrected chi connectivity index (χ0v) is 19.1. The second kappa shape index (κ2) is 12.0. The van der Waals surface area contributed by atoms with E-state index in [2.05, 4.69) is 97.9 Å². The second-order valence-corrected chi connectivity index (χ2v) is 7.31. The highest BCUT2D eigenvalue weighted by Crippen LogP contribution is 2.43. The van der Waals surface area contributed by atoms with Gasteiger partial charge in [-0.3, -0.25) is 0 Å². The van der Waals surface area contributed by atoms with Crippen LogP contribution < -0.4 is 28.5 Å². The van der Waals surface area contributed by atoms with Crippen molar-refractivity contribution in [3.05, 3.63) is 91.0 Å². The summed E-state index contributed by atoms with van der Waals surface area (Å²) in [5, 5.41) is 0. The van der Waals surface area contributed by atoms with Crippen LogP contribution in [-0.2, 0) is 0 Å². The number of unbranched alkanes of at least 4 members (excludes halogenated alkanes) is 5. The Morgan fingerprint density at radius 3 is 1.25 bits per heavy atom. The third kappa shape index (κ3) is 5.45. The molecule has 0 unspecified atom stereocenters. The summed E-state index contributed by atoms with van der Waals surface area (Å²) in [6.07, 6.45) is 7.88. The molecule has 0 N–H and O–H groups in total. The third-order valence-electron chi connectivity index (χ3n) is 5.44. The summed E-state index contributed by atoms with van der Waals surface area (Å²) in [4.78, 5) is 0. The number of quaternary nitrogens is 1. The van der Waals surface area contributed by atoms with Crippen LogP contribution in [0.2, 0.25) is 0 Å². The topological polar surface area (TPSA) is 0 Å². The highest BCUT2D eigenvalue weighted by Gasteiger charge is 2.35. The van der Waals surface area contributed by atoms with E-state index in [1.165, 1.54) is 55.6 Å². The maximum atomic E-state index is 2.28. The molecule has 3 aromatic rings. The summed E-state index contributed by atoms with van der Waals surface area (Å²) in [5.74, 6) is 0. The Balaban J connectivity index is 0.00000280. The molecule has 1 nitrogen and oxygen atoms in total. The standard InChI is InChI=1S/C26H32N.HI/c1-2-3-4-5-6-16-23-27(24-17-10-7-11-18-24,25-19-12-8-13-20-25)26-21-14-9-15-22-26;/h7-15,17-22H,2-6,16,23H2,1H3;1H/q+1;/p-1. The van der Waals surface area contributed by atoms with Crippen LogP contribution in [0.1, 0.15) is 45.4 Å². The molecular weight excluding hydrogens is 453 g/mol. The summed E-state index contributed by atoms with van der Waals surface area (Å²) in [6.45, 7) is 3.37. The van der Waals surface area contributed by atoms with E-state index in [1.807, 2.05) is 0 Å². The number of para-hydroxylation sites is 3. The van der Waals surface area contributed by atoms with Crippen molar-refractivity contribution >= 4 is 17.1 Å². The lowest BCUT2D eigenvalue weighted by atomic mass is 10.1. The summed E-state index contributed by atoms with van der Waals surface area (Å²) in [5.41, 5.74) is 4.01. The van der Waals surface area contributed by atoms with Gasteiger partial charge in [0, 0.05) is 0 Å². The number of rotatable bonds is 10. The smallest absolute Gasteiger partial charge is 0.143 e. The van der Waals surface area contributed by atoms with Crippen LogP contribution in [0.3, 0.4) is 0 Å². The van der Waals surface area contributed by atoms with Gasteiger partial charge in [-0.2, -0.15) is 0 Å². The molecule has 3 aromatic carbocycles. The lowest BCUT2D eigenvalue weighted by molar-refractivity contribution is -0.00000547. The SMILES string of the molecule is CCCCCCCC[N+](c1ccccc1)(c1ccccc1)c1ccccc1.[I-]. The number of hydrogen-bond acceptors (Lipinski definition) is 0. The molecule has 0 aliphatic carbocycles. The maximum absolute atomic E-state index is 2.28. The quantitative estimate of drug-likeness (QED) is 0.215. The van der Waals surface area contributed by atoms with Gasteiger partial charge in [0.25, 0.3) is 0 Å². The van der Waals surface area contributed by atoms with E-state index >= 15 is 0 Å². The number of benzene rings is 3. The van der Waals surface area contributed by atoms with E-state index < -0.39 is 0 Å². The molecule has 28 heavy (non-hydrogen) atoms. The number of hydrogen-bond donors (Lipinski definition) is 0. The molecule has 0 amide bonds. The first-order chi connectivity index (χ1) is 13.4. The molecule has 0 aliphatic heterocycles. The first-order valence-electron chi connectivity index (χ1n) is 10.4. The summed E-state index contributed by atoms with van der Waals surface area (Å²) in [6, 6.07) is 33.0. The first-order valence-corrected chi connectivity index (χ1v) is 10.4. The van der Waals surface area contributed by atoms with Crippen molar-refractivity contribution in [1.82, 2.24) is 4.48 Å². The molecule has 3 rings (SSSR count). The molecular formula is C26H32IN. The first kappa shape index (κ1) is 22.6. The van der Waals surface area contributed by atoms with Crippen molar-refractivity contribution in [3.8, 4) is 0 Å². The summed E-state index contributed by atoms with van der Waals surface area (Å²) >= 11 is 0. The van der Waals surface area contributed by atoms with Crippen molar-refractivity contribution in [2.75, 3.05) is 6.54 Å². The average Bonchev–Trinajstić information content (AvgIpc) is 2.75. The van der Waals surface area contributed by atoms with E-state index in [4.69, 9.17) is 0 Å². The second-order valence-electron chi connectivity index (χ2n) is 7.31. The Hall–Kier alpha value is -1.65. The predicted octanol–water partition coefficient (Wildman–Crippen LogP) is 5.02. The molecule has 0 saturated heterocycles. The minimum atomic E-state index is 0. The summed E-state index contributed by atoms with van der Waals surface area (Å²) in [7, 11) is 0. The van der Waals surface area contributed by atoms with Crippen LogP contribution in [0.25, 0.3) is 0 Å². The third-order valence-corrected chi connectivity index (χ3v) is 5.44. The molecule has 0 fully saturated rings. The zero-order chi connectivity index (χ0) is 18.8. The van der Waals surface area contributed by atoms with E-state index in [1.54, 1.807) is 0 Å². The van der Waals surface area contributed by atoms with Crippen LogP contribution in [0, 0.1) is 0 Å². The fourth-order valence-electron chi connectivity index (χ4n) is 4.01. The largest absolute Gasteiger partial charge is 1.00 e. The molecule has 148 valence electrons. The maximum Gasteiger partial charge on any atom is 0.143 e. The van der Waals surface area contributed by atoms with Gasteiger partial charge < -0.3 is 24.0 Å². The Morgan fingerprint density at radius 2 is 0.857 bits per heavy atom. The molecule has 0 heterocycles. The van der Waals surface area contributed by atoms with Crippen molar-refractivity contribution in [1.29, 1.82) is 0 Å². The molecule has 0 radical (unpaired) electrons. The minimum absolute atomic E-state index is 0. The van der Waals surface area contributed by atoms with E-state index in [-0.39, 0.29) is 24.0 Å². The van der Waals surface area contributed by atoms with Crippen molar-refractivity contribution in [3.63, 3.8) is 0 Å². The van der Waals surface area contributed by atoms with E-state index in [0.29, 0.717) is 0 Å². The number of halogens is 1. The number of nitrogens with zero attached hydrogens (tertiary/aromatic N) is 1. The highest BCUT2D eigenvalue weighted by atomic mass is 127. The van der Waals surface area contributed by atoms with Crippen molar-refractivity contribution in [2.45, 2.75) is 45.4 Å². The highest BCUT2D eigenvalue weighted by molar-refractivity contribution is 5.70. The van der Waals surface area contributed by atoms with E-state index in [0.717, 1.165) is 11.0 Å². The van der Waals surface area contributed by atoms with Crippen LogP contribution in [0.5, 0.6) is 0 Å². The Kier molecular flexibility index (Phi) is 9.72. The fraction of sp³-hybridized carbons (Fsp3) is 0.308. The molecule has 0 aromatic heterocycles. The summed E-state index contributed by atoms with van der Waals surface area (Å²) < 4.78 is 0.788. The normalized spacial score (nSPS) is 11.0. The van der Waals surface area contributed by atoms with Gasteiger partial charge in [-0.25, -0.2) is 4.48 Å². The van der Waals surface area contributed by atoms with Crippen LogP contribution in [0.15, 0.2) is 91.0 Å². The monoisotopic (exact) mass is 485 g/mol. The van der Waals surface area contributed by atoms with Crippen LogP contribution in [0.4, 0.5) is 17.1 Å². The molecule has 0 bridgehead atoms.